The van der Waals surface area contributed by atoms with Crippen LogP contribution in [-0.4, -0.2) is 13.1 Å². The summed E-state index contributed by atoms with van der Waals surface area (Å²) >= 11 is 0. The minimum atomic E-state index is -2.27. The number of benzene rings is 2. The van der Waals surface area contributed by atoms with Crippen LogP contribution in [0.5, 0.6) is 0 Å². The van der Waals surface area contributed by atoms with Crippen molar-refractivity contribution in [1.82, 2.24) is 5.32 Å². The molecule has 0 aliphatic rings. The van der Waals surface area contributed by atoms with Crippen molar-refractivity contribution in [3.05, 3.63) is 59.2 Å². The average molecular weight is 462 g/mol. The third-order valence-corrected chi connectivity index (χ3v) is 5.44. The van der Waals surface area contributed by atoms with Crippen molar-refractivity contribution in [2.24, 2.45) is 11.8 Å². The second-order valence-corrected chi connectivity index (χ2v) is 7.98. The standard InChI is InChI=1S/C13H29N.C12H4F6/c1-5-8-13(6-2)10-9-12(4)11-14-7-3;13-6-4-2-1-3-5(6)7-8(14)10(16)12(18)11(17)9(7)15/h12-14H,5-11H2,1-4H3;1-4H. The molecule has 0 aliphatic carbocycles. The third kappa shape index (κ3) is 7.84. The summed E-state index contributed by atoms with van der Waals surface area (Å²) in [6.45, 7) is 11.5. The van der Waals surface area contributed by atoms with E-state index in [9.17, 15) is 26.3 Å². The van der Waals surface area contributed by atoms with Crippen LogP contribution in [0, 0.1) is 46.7 Å². The van der Waals surface area contributed by atoms with Crippen LogP contribution in [0.2, 0.25) is 0 Å². The quantitative estimate of drug-likeness (QED) is 0.215. The first-order valence-corrected chi connectivity index (χ1v) is 11.2. The van der Waals surface area contributed by atoms with Crippen molar-refractivity contribution >= 4 is 0 Å². The fraction of sp³-hybridized carbons (Fsp3) is 0.520. The first-order valence-electron chi connectivity index (χ1n) is 11.2. The van der Waals surface area contributed by atoms with Gasteiger partial charge in [0.2, 0.25) is 5.82 Å². The zero-order chi connectivity index (χ0) is 24.3. The Bertz CT molecular complexity index is 810. The number of halogens is 6. The van der Waals surface area contributed by atoms with Crippen molar-refractivity contribution in [2.75, 3.05) is 13.1 Å². The summed E-state index contributed by atoms with van der Waals surface area (Å²) in [5.41, 5.74) is -1.96. The first-order chi connectivity index (χ1) is 15.2. The molecule has 0 heterocycles. The maximum atomic E-state index is 13.4. The molecule has 32 heavy (non-hydrogen) atoms. The molecule has 0 spiro atoms. The zero-order valence-electron chi connectivity index (χ0n) is 19.2. The van der Waals surface area contributed by atoms with Gasteiger partial charge in [-0.05, 0) is 37.4 Å². The molecule has 2 aromatic carbocycles. The van der Waals surface area contributed by atoms with Gasteiger partial charge >= 0.3 is 0 Å². The Hall–Kier alpha value is -2.02. The second kappa shape index (κ2) is 14.2. The van der Waals surface area contributed by atoms with Gasteiger partial charge in [0.15, 0.2) is 23.3 Å². The van der Waals surface area contributed by atoms with Crippen molar-refractivity contribution < 1.29 is 26.3 Å². The van der Waals surface area contributed by atoms with Gasteiger partial charge in [-0.15, -0.1) is 0 Å². The van der Waals surface area contributed by atoms with Gasteiger partial charge < -0.3 is 5.32 Å². The predicted molar refractivity (Wildman–Crippen MR) is 117 cm³/mol. The molecular formula is C25H33F6N. The number of nitrogens with one attached hydrogen (secondary N) is 1. The highest BCUT2D eigenvalue weighted by atomic mass is 19.2. The monoisotopic (exact) mass is 461 g/mol. The molecule has 0 fully saturated rings. The largest absolute Gasteiger partial charge is 0.317 e. The summed E-state index contributed by atoms with van der Waals surface area (Å²) < 4.78 is 78.8. The van der Waals surface area contributed by atoms with Gasteiger partial charge in [-0.3, -0.25) is 0 Å². The summed E-state index contributed by atoms with van der Waals surface area (Å²) in [4.78, 5) is 0. The predicted octanol–water partition coefficient (Wildman–Crippen LogP) is 8.03. The third-order valence-electron chi connectivity index (χ3n) is 5.44. The van der Waals surface area contributed by atoms with Crippen molar-refractivity contribution in [2.45, 2.75) is 59.8 Å². The Morgan fingerprint density at radius 2 is 1.31 bits per heavy atom. The topological polar surface area (TPSA) is 12.0 Å². The summed E-state index contributed by atoms with van der Waals surface area (Å²) in [6.07, 6.45) is 6.95. The lowest BCUT2D eigenvalue weighted by Gasteiger charge is -2.17. The number of rotatable bonds is 10. The average Bonchev–Trinajstić information content (AvgIpc) is 2.79. The number of hydrogen-bond acceptors (Lipinski definition) is 1. The van der Waals surface area contributed by atoms with Crippen LogP contribution < -0.4 is 5.32 Å². The number of hydrogen-bond donors (Lipinski definition) is 1. The highest BCUT2D eigenvalue weighted by molar-refractivity contribution is 5.65. The minimum Gasteiger partial charge on any atom is -0.317 e. The van der Waals surface area contributed by atoms with E-state index in [1.165, 1.54) is 50.8 Å². The molecule has 2 rings (SSSR count). The van der Waals surface area contributed by atoms with E-state index < -0.39 is 46.0 Å². The van der Waals surface area contributed by atoms with Gasteiger partial charge in [-0.2, -0.15) is 0 Å². The fourth-order valence-electron chi connectivity index (χ4n) is 3.48. The van der Waals surface area contributed by atoms with Crippen LogP contribution in [0.4, 0.5) is 26.3 Å². The Balaban J connectivity index is 0.000000333. The molecule has 2 aromatic rings. The van der Waals surface area contributed by atoms with Gasteiger partial charge in [-0.1, -0.05) is 71.6 Å². The van der Waals surface area contributed by atoms with Crippen LogP contribution in [-0.2, 0) is 0 Å². The summed E-state index contributed by atoms with van der Waals surface area (Å²) in [7, 11) is 0. The highest BCUT2D eigenvalue weighted by Gasteiger charge is 2.27. The van der Waals surface area contributed by atoms with Gasteiger partial charge in [0.05, 0.1) is 5.56 Å². The molecular weight excluding hydrogens is 428 g/mol. The first kappa shape index (κ1) is 28.0. The fourth-order valence-corrected chi connectivity index (χ4v) is 3.48. The molecule has 1 nitrogen and oxygen atoms in total. The molecule has 0 aromatic heterocycles. The van der Waals surface area contributed by atoms with Crippen molar-refractivity contribution in [1.29, 1.82) is 0 Å². The molecule has 7 heteroatoms. The zero-order valence-corrected chi connectivity index (χ0v) is 19.2. The SMILES string of the molecule is CCCC(CC)CCC(C)CNCC.Fc1ccccc1-c1c(F)c(F)c(F)c(F)c1F. The molecule has 0 bridgehead atoms. The van der Waals surface area contributed by atoms with Crippen LogP contribution in [0.3, 0.4) is 0 Å². The van der Waals surface area contributed by atoms with Crippen molar-refractivity contribution in [3.63, 3.8) is 0 Å². The van der Waals surface area contributed by atoms with E-state index in [2.05, 4.69) is 33.0 Å². The lowest BCUT2D eigenvalue weighted by molar-refractivity contribution is 0.370. The van der Waals surface area contributed by atoms with Crippen LogP contribution in [0.15, 0.2) is 24.3 Å². The lowest BCUT2D eigenvalue weighted by atomic mass is 9.91. The van der Waals surface area contributed by atoms with E-state index in [1.54, 1.807) is 0 Å². The smallest absolute Gasteiger partial charge is 0.200 e. The van der Waals surface area contributed by atoms with E-state index in [0.29, 0.717) is 0 Å². The maximum absolute atomic E-state index is 13.4. The van der Waals surface area contributed by atoms with Crippen LogP contribution in [0.1, 0.15) is 59.8 Å². The van der Waals surface area contributed by atoms with E-state index in [4.69, 9.17) is 0 Å². The Morgan fingerprint density at radius 1 is 0.750 bits per heavy atom. The van der Waals surface area contributed by atoms with E-state index in [1.807, 2.05) is 0 Å². The normalized spacial score (nSPS) is 12.8. The summed E-state index contributed by atoms with van der Waals surface area (Å²) in [5, 5.41) is 3.42. The molecule has 0 saturated heterocycles. The van der Waals surface area contributed by atoms with Gasteiger partial charge in [-0.25, -0.2) is 26.3 Å². The Labute approximate surface area is 187 Å². The highest BCUT2D eigenvalue weighted by Crippen LogP contribution is 2.32. The molecule has 2 unspecified atom stereocenters. The summed E-state index contributed by atoms with van der Waals surface area (Å²) in [5.74, 6) is -9.86. The lowest BCUT2D eigenvalue weighted by Crippen LogP contribution is -2.21. The molecule has 0 radical (unpaired) electrons. The van der Waals surface area contributed by atoms with Crippen molar-refractivity contribution in [3.8, 4) is 11.1 Å². The van der Waals surface area contributed by atoms with Gasteiger partial charge in [0.25, 0.3) is 0 Å². The molecule has 0 saturated carbocycles. The Morgan fingerprint density at radius 3 is 1.81 bits per heavy atom. The van der Waals surface area contributed by atoms with Gasteiger partial charge in [0.1, 0.15) is 5.82 Å². The minimum absolute atomic E-state index is 0.690. The molecule has 1 N–H and O–H groups in total. The molecule has 180 valence electrons. The van der Waals surface area contributed by atoms with E-state index in [-0.39, 0.29) is 0 Å². The molecule has 2 atom stereocenters. The van der Waals surface area contributed by atoms with Gasteiger partial charge in [0, 0.05) is 5.56 Å². The van der Waals surface area contributed by atoms with Crippen LogP contribution in [0.25, 0.3) is 11.1 Å². The Kier molecular flexibility index (Phi) is 12.4. The summed E-state index contributed by atoms with van der Waals surface area (Å²) in [6, 6.07) is 4.22. The van der Waals surface area contributed by atoms with E-state index >= 15 is 0 Å². The maximum Gasteiger partial charge on any atom is 0.200 e. The molecule has 0 aliphatic heterocycles. The molecule has 0 amide bonds. The second-order valence-electron chi connectivity index (χ2n) is 7.98. The van der Waals surface area contributed by atoms with E-state index in [0.717, 1.165) is 30.5 Å². The van der Waals surface area contributed by atoms with Crippen LogP contribution >= 0.6 is 0 Å².